The lowest BCUT2D eigenvalue weighted by molar-refractivity contribution is 0.0147. The Balaban J connectivity index is 1.55. The highest BCUT2D eigenvalue weighted by atomic mass is 16.5. The minimum atomic E-state index is -0.453. The standard InChI is InChI=1S/C15H24N2O2/c18-15(11-16-17-9-5-2-6-10-17)13-19-12-14-7-3-1-4-8-14/h1,3-4,7-8,15-16,18H,2,5-6,9-13H2. The van der Waals surface area contributed by atoms with Crippen LogP contribution in [-0.2, 0) is 11.3 Å². The van der Waals surface area contributed by atoms with Crippen LogP contribution in [0.25, 0.3) is 0 Å². The zero-order valence-corrected chi connectivity index (χ0v) is 11.4. The van der Waals surface area contributed by atoms with Gasteiger partial charge in [-0.1, -0.05) is 36.8 Å². The summed E-state index contributed by atoms with van der Waals surface area (Å²) in [5.74, 6) is 0. The number of aliphatic hydroxyl groups excluding tert-OH is 1. The summed E-state index contributed by atoms with van der Waals surface area (Å²) in [5.41, 5.74) is 4.41. The first-order valence-electron chi connectivity index (χ1n) is 7.13. The van der Waals surface area contributed by atoms with Gasteiger partial charge in [-0.15, -0.1) is 0 Å². The van der Waals surface area contributed by atoms with Crippen LogP contribution in [0.3, 0.4) is 0 Å². The molecule has 1 aliphatic heterocycles. The Hall–Kier alpha value is -0.940. The van der Waals surface area contributed by atoms with Crippen molar-refractivity contribution in [1.82, 2.24) is 10.4 Å². The number of aliphatic hydroxyl groups is 1. The third-order valence-corrected chi connectivity index (χ3v) is 3.33. The molecule has 0 aliphatic carbocycles. The second-order valence-electron chi connectivity index (χ2n) is 5.06. The van der Waals surface area contributed by atoms with Crippen molar-refractivity contribution < 1.29 is 9.84 Å². The molecule has 1 saturated heterocycles. The fourth-order valence-corrected chi connectivity index (χ4v) is 2.23. The molecular formula is C15H24N2O2. The van der Waals surface area contributed by atoms with Gasteiger partial charge in [0.15, 0.2) is 0 Å². The Morgan fingerprint density at radius 3 is 2.63 bits per heavy atom. The molecule has 1 fully saturated rings. The molecule has 1 atom stereocenters. The molecule has 1 aliphatic rings. The Kier molecular flexibility index (Phi) is 6.30. The van der Waals surface area contributed by atoms with Crippen molar-refractivity contribution in [1.29, 1.82) is 0 Å². The van der Waals surface area contributed by atoms with Gasteiger partial charge in [-0.3, -0.25) is 5.43 Å². The average molecular weight is 264 g/mol. The molecule has 4 heteroatoms. The molecule has 1 aromatic rings. The number of benzene rings is 1. The maximum atomic E-state index is 9.84. The number of nitrogens with zero attached hydrogens (tertiary/aromatic N) is 1. The molecule has 0 radical (unpaired) electrons. The molecule has 0 spiro atoms. The Labute approximate surface area is 115 Å². The molecule has 0 amide bonds. The monoisotopic (exact) mass is 264 g/mol. The Bertz CT molecular complexity index is 339. The number of hydrogen-bond donors (Lipinski definition) is 2. The summed E-state index contributed by atoms with van der Waals surface area (Å²) in [5, 5.41) is 12.0. The van der Waals surface area contributed by atoms with E-state index in [0.29, 0.717) is 19.8 Å². The van der Waals surface area contributed by atoms with Crippen molar-refractivity contribution in [3.05, 3.63) is 35.9 Å². The summed E-state index contributed by atoms with van der Waals surface area (Å²) in [4.78, 5) is 0. The molecule has 2 N–H and O–H groups in total. The highest BCUT2D eigenvalue weighted by molar-refractivity contribution is 5.13. The van der Waals surface area contributed by atoms with Gasteiger partial charge >= 0.3 is 0 Å². The van der Waals surface area contributed by atoms with Gasteiger partial charge < -0.3 is 9.84 Å². The molecule has 2 rings (SSSR count). The molecular weight excluding hydrogens is 240 g/mol. The number of piperidine rings is 1. The van der Waals surface area contributed by atoms with Crippen LogP contribution in [0.4, 0.5) is 0 Å². The third kappa shape index (κ3) is 5.70. The van der Waals surface area contributed by atoms with Gasteiger partial charge in [-0.05, 0) is 18.4 Å². The van der Waals surface area contributed by atoms with E-state index in [0.717, 1.165) is 18.7 Å². The summed E-state index contributed by atoms with van der Waals surface area (Å²) in [7, 11) is 0. The van der Waals surface area contributed by atoms with Crippen molar-refractivity contribution in [2.24, 2.45) is 0 Å². The molecule has 0 aromatic heterocycles. The second-order valence-corrected chi connectivity index (χ2v) is 5.06. The summed E-state index contributed by atoms with van der Waals surface area (Å²) < 4.78 is 5.51. The van der Waals surface area contributed by atoms with E-state index in [1.54, 1.807) is 0 Å². The van der Waals surface area contributed by atoms with Crippen LogP contribution in [-0.4, -0.2) is 42.5 Å². The topological polar surface area (TPSA) is 44.7 Å². The van der Waals surface area contributed by atoms with Gasteiger partial charge in [-0.2, -0.15) is 0 Å². The van der Waals surface area contributed by atoms with Crippen molar-refractivity contribution in [2.45, 2.75) is 32.0 Å². The summed E-state index contributed by atoms with van der Waals surface area (Å²) in [6.07, 6.45) is 3.35. The van der Waals surface area contributed by atoms with E-state index in [1.165, 1.54) is 19.3 Å². The van der Waals surface area contributed by atoms with Gasteiger partial charge in [0.2, 0.25) is 0 Å². The number of ether oxygens (including phenoxy) is 1. The summed E-state index contributed by atoms with van der Waals surface area (Å²) in [6, 6.07) is 10.0. The quantitative estimate of drug-likeness (QED) is 0.784. The lowest BCUT2D eigenvalue weighted by atomic mass is 10.2. The fourth-order valence-electron chi connectivity index (χ4n) is 2.23. The number of hydrogen-bond acceptors (Lipinski definition) is 4. The van der Waals surface area contributed by atoms with Crippen LogP contribution in [0, 0.1) is 0 Å². The molecule has 4 nitrogen and oxygen atoms in total. The van der Waals surface area contributed by atoms with E-state index in [4.69, 9.17) is 4.74 Å². The van der Waals surface area contributed by atoms with E-state index in [-0.39, 0.29) is 0 Å². The summed E-state index contributed by atoms with van der Waals surface area (Å²) >= 11 is 0. The highest BCUT2D eigenvalue weighted by Crippen LogP contribution is 2.06. The maximum absolute atomic E-state index is 9.84. The molecule has 0 saturated carbocycles. The smallest absolute Gasteiger partial charge is 0.0911 e. The van der Waals surface area contributed by atoms with E-state index in [2.05, 4.69) is 10.4 Å². The second kappa shape index (κ2) is 8.27. The predicted octanol–water partition coefficient (Wildman–Crippen LogP) is 1.55. The third-order valence-electron chi connectivity index (χ3n) is 3.33. The van der Waals surface area contributed by atoms with Crippen LogP contribution in [0.2, 0.25) is 0 Å². The SMILES string of the molecule is OC(CNN1CCCCC1)COCc1ccccc1. The van der Waals surface area contributed by atoms with E-state index in [9.17, 15) is 5.11 Å². The lowest BCUT2D eigenvalue weighted by Crippen LogP contribution is -2.45. The molecule has 106 valence electrons. The molecule has 0 bridgehead atoms. The van der Waals surface area contributed by atoms with E-state index in [1.807, 2.05) is 30.3 Å². The number of rotatable bonds is 7. The minimum Gasteiger partial charge on any atom is -0.389 e. The van der Waals surface area contributed by atoms with Gasteiger partial charge in [0.1, 0.15) is 0 Å². The van der Waals surface area contributed by atoms with E-state index < -0.39 is 6.10 Å². The first-order valence-corrected chi connectivity index (χ1v) is 7.13. The number of nitrogens with one attached hydrogen (secondary N) is 1. The number of hydrazine groups is 1. The van der Waals surface area contributed by atoms with Crippen molar-refractivity contribution in [2.75, 3.05) is 26.2 Å². The van der Waals surface area contributed by atoms with Crippen LogP contribution in [0.5, 0.6) is 0 Å². The predicted molar refractivity (Wildman–Crippen MR) is 75.5 cm³/mol. The van der Waals surface area contributed by atoms with Crippen LogP contribution in [0.15, 0.2) is 30.3 Å². The van der Waals surface area contributed by atoms with Gasteiger partial charge in [0.05, 0.1) is 19.3 Å². The minimum absolute atomic E-state index is 0.371. The van der Waals surface area contributed by atoms with Gasteiger partial charge in [0, 0.05) is 19.6 Å². The average Bonchev–Trinajstić information content (AvgIpc) is 2.47. The summed E-state index contributed by atoms with van der Waals surface area (Å²) in [6.45, 7) is 3.65. The maximum Gasteiger partial charge on any atom is 0.0911 e. The first-order chi connectivity index (χ1) is 9.34. The van der Waals surface area contributed by atoms with E-state index >= 15 is 0 Å². The van der Waals surface area contributed by atoms with Crippen LogP contribution in [0.1, 0.15) is 24.8 Å². The first kappa shape index (κ1) is 14.5. The molecule has 1 heterocycles. The lowest BCUT2D eigenvalue weighted by Gasteiger charge is -2.28. The van der Waals surface area contributed by atoms with Crippen molar-refractivity contribution >= 4 is 0 Å². The van der Waals surface area contributed by atoms with Gasteiger partial charge in [0.25, 0.3) is 0 Å². The van der Waals surface area contributed by atoms with Crippen molar-refractivity contribution in [3.63, 3.8) is 0 Å². The van der Waals surface area contributed by atoms with Crippen LogP contribution < -0.4 is 5.43 Å². The zero-order chi connectivity index (χ0) is 13.3. The molecule has 19 heavy (non-hydrogen) atoms. The fraction of sp³-hybridized carbons (Fsp3) is 0.600. The zero-order valence-electron chi connectivity index (χ0n) is 11.4. The largest absolute Gasteiger partial charge is 0.389 e. The van der Waals surface area contributed by atoms with Gasteiger partial charge in [-0.25, -0.2) is 5.01 Å². The molecule has 1 aromatic carbocycles. The Morgan fingerprint density at radius 2 is 1.89 bits per heavy atom. The Morgan fingerprint density at radius 1 is 1.16 bits per heavy atom. The normalized spacial score (nSPS) is 18.4. The van der Waals surface area contributed by atoms with Crippen LogP contribution >= 0.6 is 0 Å². The molecule has 1 unspecified atom stereocenters. The highest BCUT2D eigenvalue weighted by Gasteiger charge is 2.11. The van der Waals surface area contributed by atoms with Crippen molar-refractivity contribution in [3.8, 4) is 0 Å².